The highest BCUT2D eigenvalue weighted by Crippen LogP contribution is 2.55. The van der Waals surface area contributed by atoms with Crippen LogP contribution in [0.3, 0.4) is 0 Å². The average molecular weight is 243 g/mol. The molecule has 1 unspecified atom stereocenters. The molecule has 1 aliphatic rings. The summed E-state index contributed by atoms with van der Waals surface area (Å²) >= 11 is 0. The molecule has 1 saturated carbocycles. The van der Waals surface area contributed by atoms with Crippen LogP contribution in [0, 0.1) is 12.3 Å². The summed E-state index contributed by atoms with van der Waals surface area (Å²) in [5.74, 6) is 0.836. The Hall–Kier alpha value is -1.91. The van der Waals surface area contributed by atoms with Gasteiger partial charge in [-0.1, -0.05) is 13.8 Å². The Morgan fingerprint density at radius 3 is 2.72 bits per heavy atom. The third kappa shape index (κ3) is 1.66. The maximum absolute atomic E-state index is 5.78. The van der Waals surface area contributed by atoms with Gasteiger partial charge >= 0.3 is 0 Å². The number of nitrogens with zero attached hydrogens (tertiary/aromatic N) is 4. The first-order chi connectivity index (χ1) is 8.49. The molecule has 5 heteroatoms. The molecule has 1 atom stereocenters. The monoisotopic (exact) mass is 243 g/mol. The topological polar surface area (TPSA) is 69.6 Å². The maximum atomic E-state index is 5.78. The van der Waals surface area contributed by atoms with Crippen molar-refractivity contribution >= 4 is 5.69 Å². The summed E-state index contributed by atoms with van der Waals surface area (Å²) in [5, 5.41) is 12.1. The third-order valence-electron chi connectivity index (χ3n) is 3.74. The van der Waals surface area contributed by atoms with Crippen LogP contribution in [0.5, 0.6) is 0 Å². The fraction of sp³-hybridized carbons (Fsp3) is 0.462. The number of anilines is 1. The van der Waals surface area contributed by atoms with E-state index in [9.17, 15) is 0 Å². The van der Waals surface area contributed by atoms with Gasteiger partial charge in [-0.05, 0) is 52.9 Å². The number of aromatic nitrogens is 4. The van der Waals surface area contributed by atoms with Crippen molar-refractivity contribution in [1.29, 1.82) is 0 Å². The van der Waals surface area contributed by atoms with Crippen LogP contribution in [0.4, 0.5) is 5.69 Å². The fourth-order valence-electron chi connectivity index (χ4n) is 2.38. The summed E-state index contributed by atoms with van der Waals surface area (Å²) < 4.78 is 1.94. The number of benzene rings is 1. The van der Waals surface area contributed by atoms with Crippen LogP contribution >= 0.6 is 0 Å². The normalized spacial score (nSPS) is 20.9. The number of nitrogens with two attached hydrogens (primary N) is 1. The molecule has 0 spiro atoms. The van der Waals surface area contributed by atoms with Crippen molar-refractivity contribution in [1.82, 2.24) is 20.2 Å². The van der Waals surface area contributed by atoms with Gasteiger partial charge in [0.1, 0.15) is 0 Å². The zero-order chi connectivity index (χ0) is 12.9. The highest BCUT2D eigenvalue weighted by atomic mass is 15.6. The minimum atomic E-state index is 0.297. The second kappa shape index (κ2) is 3.54. The Morgan fingerprint density at radius 2 is 2.11 bits per heavy atom. The molecule has 2 N–H and O–H groups in total. The van der Waals surface area contributed by atoms with Gasteiger partial charge in [0, 0.05) is 11.3 Å². The lowest BCUT2D eigenvalue weighted by Gasteiger charge is -2.09. The number of aryl methyl sites for hydroxylation is 1. The molecule has 5 nitrogen and oxygen atoms in total. The zero-order valence-corrected chi connectivity index (χ0v) is 10.9. The first kappa shape index (κ1) is 11.2. The van der Waals surface area contributed by atoms with E-state index in [1.165, 1.54) is 0 Å². The first-order valence-corrected chi connectivity index (χ1v) is 6.13. The van der Waals surface area contributed by atoms with Crippen molar-refractivity contribution in [3.8, 4) is 11.4 Å². The molecule has 18 heavy (non-hydrogen) atoms. The van der Waals surface area contributed by atoms with Crippen LogP contribution in [-0.2, 0) is 0 Å². The standard InChI is InChI=1S/C13H17N5/c1-8-6-9(14)4-5-10(8)12-15-16-17-18(12)11-7-13(11,2)3/h4-6,11H,7,14H2,1-3H3. The van der Waals surface area contributed by atoms with Crippen LogP contribution in [0.25, 0.3) is 11.4 Å². The van der Waals surface area contributed by atoms with Gasteiger partial charge in [-0.3, -0.25) is 0 Å². The van der Waals surface area contributed by atoms with E-state index >= 15 is 0 Å². The van der Waals surface area contributed by atoms with Crippen LogP contribution in [0.1, 0.15) is 31.9 Å². The second-order valence-corrected chi connectivity index (χ2v) is 5.73. The Morgan fingerprint density at radius 1 is 1.39 bits per heavy atom. The number of nitrogen functional groups attached to an aromatic ring is 1. The lowest BCUT2D eigenvalue weighted by Crippen LogP contribution is -2.05. The van der Waals surface area contributed by atoms with Crippen molar-refractivity contribution in [2.45, 2.75) is 33.2 Å². The quantitative estimate of drug-likeness (QED) is 0.821. The number of hydrogen-bond acceptors (Lipinski definition) is 4. The molecule has 1 aromatic heterocycles. The van der Waals surface area contributed by atoms with Crippen molar-refractivity contribution in [2.75, 3.05) is 5.73 Å². The molecule has 3 rings (SSSR count). The van der Waals surface area contributed by atoms with E-state index in [0.717, 1.165) is 29.1 Å². The Kier molecular flexibility index (Phi) is 2.20. The summed E-state index contributed by atoms with van der Waals surface area (Å²) in [4.78, 5) is 0. The van der Waals surface area contributed by atoms with Crippen molar-refractivity contribution in [3.05, 3.63) is 23.8 Å². The fourth-order valence-corrected chi connectivity index (χ4v) is 2.38. The van der Waals surface area contributed by atoms with Crippen molar-refractivity contribution in [2.24, 2.45) is 5.41 Å². The Balaban J connectivity index is 2.05. The number of tetrazole rings is 1. The van der Waals surface area contributed by atoms with E-state index < -0.39 is 0 Å². The summed E-state index contributed by atoms with van der Waals surface area (Å²) in [5.41, 5.74) is 8.99. The summed E-state index contributed by atoms with van der Waals surface area (Å²) in [7, 11) is 0. The van der Waals surface area contributed by atoms with Gasteiger partial charge < -0.3 is 5.73 Å². The van der Waals surface area contributed by atoms with Crippen LogP contribution in [0.15, 0.2) is 18.2 Å². The van der Waals surface area contributed by atoms with Gasteiger partial charge in [0.15, 0.2) is 5.82 Å². The van der Waals surface area contributed by atoms with Crippen molar-refractivity contribution in [3.63, 3.8) is 0 Å². The van der Waals surface area contributed by atoms with Crippen molar-refractivity contribution < 1.29 is 0 Å². The minimum absolute atomic E-state index is 0.297. The molecule has 94 valence electrons. The number of hydrogen-bond donors (Lipinski definition) is 1. The summed E-state index contributed by atoms with van der Waals surface area (Å²) in [6, 6.07) is 6.23. The Labute approximate surface area is 106 Å². The van der Waals surface area contributed by atoms with Gasteiger partial charge in [0.25, 0.3) is 0 Å². The molecule has 0 amide bonds. The first-order valence-electron chi connectivity index (χ1n) is 6.13. The predicted octanol–water partition coefficient (Wildman–Crippen LogP) is 2.20. The van der Waals surface area contributed by atoms with Gasteiger partial charge in [-0.25, -0.2) is 4.68 Å². The molecular weight excluding hydrogens is 226 g/mol. The highest BCUT2D eigenvalue weighted by molar-refractivity contribution is 5.63. The molecule has 2 aromatic rings. The van der Waals surface area contributed by atoms with E-state index in [0.29, 0.717) is 11.5 Å². The molecule has 0 bridgehead atoms. The Bertz CT molecular complexity index is 599. The van der Waals surface area contributed by atoms with E-state index in [4.69, 9.17) is 5.73 Å². The van der Waals surface area contributed by atoms with Crippen LogP contribution in [-0.4, -0.2) is 20.2 Å². The van der Waals surface area contributed by atoms with E-state index in [-0.39, 0.29) is 0 Å². The molecular formula is C13H17N5. The van der Waals surface area contributed by atoms with Gasteiger partial charge in [-0.15, -0.1) is 5.10 Å². The van der Waals surface area contributed by atoms with Gasteiger partial charge in [0.05, 0.1) is 6.04 Å². The maximum Gasteiger partial charge on any atom is 0.182 e. The van der Waals surface area contributed by atoms with E-state index in [1.54, 1.807) is 0 Å². The largest absolute Gasteiger partial charge is 0.399 e. The van der Waals surface area contributed by atoms with Crippen LogP contribution < -0.4 is 5.73 Å². The lowest BCUT2D eigenvalue weighted by atomic mass is 10.1. The van der Waals surface area contributed by atoms with E-state index in [1.807, 2.05) is 29.8 Å². The zero-order valence-electron chi connectivity index (χ0n) is 10.9. The molecule has 1 fully saturated rings. The lowest BCUT2D eigenvalue weighted by molar-refractivity contribution is 0.497. The molecule has 0 aliphatic heterocycles. The van der Waals surface area contributed by atoms with Crippen LogP contribution in [0.2, 0.25) is 0 Å². The molecule has 0 saturated heterocycles. The predicted molar refractivity (Wildman–Crippen MR) is 69.8 cm³/mol. The number of rotatable bonds is 2. The average Bonchev–Trinajstić information content (AvgIpc) is 2.74. The highest BCUT2D eigenvalue weighted by Gasteiger charge is 2.49. The van der Waals surface area contributed by atoms with Gasteiger partial charge in [0.2, 0.25) is 0 Å². The van der Waals surface area contributed by atoms with Gasteiger partial charge in [-0.2, -0.15) is 0 Å². The smallest absolute Gasteiger partial charge is 0.182 e. The SMILES string of the molecule is Cc1cc(N)ccc1-c1nnnn1C1CC1(C)C. The second-order valence-electron chi connectivity index (χ2n) is 5.73. The molecule has 1 aliphatic carbocycles. The third-order valence-corrected chi connectivity index (χ3v) is 3.74. The molecule has 1 aromatic carbocycles. The summed E-state index contributed by atoms with van der Waals surface area (Å²) in [6.07, 6.45) is 1.12. The summed E-state index contributed by atoms with van der Waals surface area (Å²) in [6.45, 7) is 6.50. The minimum Gasteiger partial charge on any atom is -0.399 e. The molecule has 0 radical (unpaired) electrons. The van der Waals surface area contributed by atoms with E-state index in [2.05, 4.69) is 29.4 Å². The molecule has 1 heterocycles.